The molecule has 6 heteroatoms. The maximum absolute atomic E-state index is 12.5. The minimum atomic E-state index is -0.727. The summed E-state index contributed by atoms with van der Waals surface area (Å²) in [5.74, 6) is -0.604. The molecule has 0 bridgehead atoms. The summed E-state index contributed by atoms with van der Waals surface area (Å²) in [6, 6.07) is -0.0977. The van der Waals surface area contributed by atoms with Gasteiger partial charge in [-0.15, -0.1) is 0 Å². The quantitative estimate of drug-likeness (QED) is 0.805. The third-order valence-electron chi connectivity index (χ3n) is 6.15. The smallest absolute Gasteiger partial charge is 0.317 e. The molecule has 6 nitrogen and oxygen atoms in total. The Morgan fingerprint density at radius 2 is 1.96 bits per heavy atom. The maximum Gasteiger partial charge on any atom is 0.317 e. The predicted octanol–water partition coefficient (Wildman–Crippen LogP) is 2.00. The minimum absolute atomic E-state index is 0.0279. The van der Waals surface area contributed by atoms with Crippen LogP contribution in [0.1, 0.15) is 46.0 Å². The number of carbonyl (C=O) groups excluding carboxylic acids is 1. The molecule has 0 aromatic rings. The highest BCUT2D eigenvalue weighted by Gasteiger charge is 2.55. The number of fused-ring (bicyclic) bond motifs is 1. The van der Waals surface area contributed by atoms with Crippen molar-refractivity contribution in [3.05, 3.63) is 0 Å². The van der Waals surface area contributed by atoms with Crippen molar-refractivity contribution in [1.29, 1.82) is 0 Å². The zero-order valence-electron chi connectivity index (χ0n) is 15.0. The van der Waals surface area contributed by atoms with Crippen LogP contribution in [-0.4, -0.2) is 66.2 Å². The Bertz CT molecular complexity index is 502. The number of rotatable bonds is 5. The normalized spacial score (nSPS) is 30.6. The molecule has 3 fully saturated rings. The van der Waals surface area contributed by atoms with Crippen molar-refractivity contribution >= 4 is 12.0 Å². The lowest BCUT2D eigenvalue weighted by molar-refractivity contribution is -0.149. The zero-order chi connectivity index (χ0) is 17.4. The van der Waals surface area contributed by atoms with E-state index in [9.17, 15) is 14.7 Å². The highest BCUT2D eigenvalue weighted by atomic mass is 16.4. The van der Waals surface area contributed by atoms with Crippen LogP contribution in [0.25, 0.3) is 0 Å². The molecule has 0 aromatic heterocycles. The molecule has 0 unspecified atom stereocenters. The van der Waals surface area contributed by atoms with E-state index in [0.29, 0.717) is 26.1 Å². The Kier molecular flexibility index (Phi) is 4.78. The van der Waals surface area contributed by atoms with Gasteiger partial charge in [0.2, 0.25) is 0 Å². The van der Waals surface area contributed by atoms with Gasteiger partial charge in [-0.05, 0) is 50.1 Å². The van der Waals surface area contributed by atoms with E-state index in [4.69, 9.17) is 0 Å². The molecule has 24 heavy (non-hydrogen) atoms. The Morgan fingerprint density at radius 1 is 1.25 bits per heavy atom. The van der Waals surface area contributed by atoms with Gasteiger partial charge in [-0.1, -0.05) is 20.3 Å². The molecule has 0 radical (unpaired) electrons. The SMILES string of the molecule is CC(C)(CNC(=O)N1C[C@@H]2CCC[C@@]2(C(=O)O)C1)CN1CCCC1. The first kappa shape index (κ1) is 17.5. The second-order valence-corrected chi connectivity index (χ2v) is 8.74. The van der Waals surface area contributed by atoms with Crippen LogP contribution >= 0.6 is 0 Å². The van der Waals surface area contributed by atoms with Crippen LogP contribution in [0.3, 0.4) is 0 Å². The van der Waals surface area contributed by atoms with E-state index in [1.54, 1.807) is 4.90 Å². The van der Waals surface area contributed by atoms with Gasteiger partial charge in [0, 0.05) is 26.2 Å². The second kappa shape index (κ2) is 6.54. The number of likely N-dealkylation sites (tertiary alicyclic amines) is 2. The van der Waals surface area contributed by atoms with E-state index in [2.05, 4.69) is 24.1 Å². The number of hydrogen-bond donors (Lipinski definition) is 2. The fraction of sp³-hybridized carbons (Fsp3) is 0.889. The van der Waals surface area contributed by atoms with E-state index in [0.717, 1.165) is 32.5 Å². The first-order valence-electron chi connectivity index (χ1n) is 9.31. The largest absolute Gasteiger partial charge is 0.481 e. The average Bonchev–Trinajstić information content (AvgIpc) is 3.19. The summed E-state index contributed by atoms with van der Waals surface area (Å²) >= 11 is 0. The van der Waals surface area contributed by atoms with E-state index in [-0.39, 0.29) is 17.4 Å². The number of nitrogens with one attached hydrogen (secondary N) is 1. The van der Waals surface area contributed by atoms with Crippen molar-refractivity contribution in [3.63, 3.8) is 0 Å². The lowest BCUT2D eigenvalue weighted by Gasteiger charge is -2.31. The molecule has 1 aliphatic carbocycles. The Labute approximate surface area is 144 Å². The highest BCUT2D eigenvalue weighted by Crippen LogP contribution is 2.48. The van der Waals surface area contributed by atoms with Crippen LogP contribution in [0.4, 0.5) is 4.79 Å². The number of amides is 2. The van der Waals surface area contributed by atoms with Gasteiger partial charge in [-0.2, -0.15) is 0 Å². The minimum Gasteiger partial charge on any atom is -0.481 e. The lowest BCUT2D eigenvalue weighted by Crippen LogP contribution is -2.46. The summed E-state index contributed by atoms with van der Waals surface area (Å²) in [6.07, 6.45) is 5.15. The average molecular weight is 337 g/mol. The molecule has 2 atom stereocenters. The summed E-state index contributed by atoms with van der Waals surface area (Å²) in [6.45, 7) is 9.26. The van der Waals surface area contributed by atoms with Gasteiger partial charge in [0.05, 0.1) is 5.41 Å². The number of urea groups is 1. The standard InChI is InChI=1S/C18H31N3O3/c1-17(2,12-20-8-3-4-9-20)11-19-16(24)21-10-14-6-5-7-18(14,13-21)15(22)23/h14H,3-13H2,1-2H3,(H,19,24)(H,22,23)/t14-,18+/m0/s1. The van der Waals surface area contributed by atoms with Gasteiger partial charge < -0.3 is 20.2 Å². The van der Waals surface area contributed by atoms with Crippen molar-refractivity contribution in [2.45, 2.75) is 46.0 Å². The Morgan fingerprint density at radius 3 is 2.58 bits per heavy atom. The number of carboxylic acid groups (broad SMARTS) is 1. The van der Waals surface area contributed by atoms with E-state index >= 15 is 0 Å². The highest BCUT2D eigenvalue weighted by molar-refractivity contribution is 5.80. The third-order valence-corrected chi connectivity index (χ3v) is 6.15. The molecular weight excluding hydrogens is 306 g/mol. The summed E-state index contributed by atoms with van der Waals surface area (Å²) in [5, 5.41) is 12.7. The molecule has 2 saturated heterocycles. The van der Waals surface area contributed by atoms with Crippen molar-refractivity contribution in [3.8, 4) is 0 Å². The van der Waals surface area contributed by atoms with Crippen molar-refractivity contribution < 1.29 is 14.7 Å². The second-order valence-electron chi connectivity index (χ2n) is 8.74. The number of nitrogens with zero attached hydrogens (tertiary/aromatic N) is 2. The van der Waals surface area contributed by atoms with E-state index in [1.807, 2.05) is 0 Å². The van der Waals surface area contributed by atoms with Crippen LogP contribution in [0.2, 0.25) is 0 Å². The number of aliphatic carboxylic acids is 1. The monoisotopic (exact) mass is 337 g/mol. The third kappa shape index (κ3) is 3.39. The van der Waals surface area contributed by atoms with Crippen molar-refractivity contribution in [1.82, 2.24) is 15.1 Å². The summed E-state index contributed by atoms with van der Waals surface area (Å²) < 4.78 is 0. The van der Waals surface area contributed by atoms with Gasteiger partial charge >= 0.3 is 12.0 Å². The molecule has 2 amide bonds. The Balaban J connectivity index is 1.51. The van der Waals surface area contributed by atoms with Gasteiger partial charge in [0.1, 0.15) is 0 Å². The number of hydrogen-bond acceptors (Lipinski definition) is 3. The fourth-order valence-corrected chi connectivity index (χ4v) is 4.82. The predicted molar refractivity (Wildman–Crippen MR) is 91.8 cm³/mol. The molecule has 3 aliphatic rings. The molecule has 2 aliphatic heterocycles. The van der Waals surface area contributed by atoms with E-state index in [1.165, 1.54) is 12.8 Å². The van der Waals surface area contributed by atoms with Gasteiger partial charge in [0.15, 0.2) is 0 Å². The molecule has 0 spiro atoms. The first-order valence-corrected chi connectivity index (χ1v) is 9.31. The molecule has 3 rings (SSSR count). The van der Waals surface area contributed by atoms with Crippen molar-refractivity contribution in [2.75, 3.05) is 39.3 Å². The number of carbonyl (C=O) groups is 2. The molecule has 136 valence electrons. The topological polar surface area (TPSA) is 72.9 Å². The van der Waals surface area contributed by atoms with Gasteiger partial charge in [-0.25, -0.2) is 4.79 Å². The molecule has 0 aromatic carbocycles. The van der Waals surface area contributed by atoms with Crippen LogP contribution in [0.5, 0.6) is 0 Å². The number of carboxylic acids is 1. The fourth-order valence-electron chi connectivity index (χ4n) is 4.82. The van der Waals surface area contributed by atoms with Crippen LogP contribution in [0.15, 0.2) is 0 Å². The maximum atomic E-state index is 12.5. The molecule has 1 saturated carbocycles. The summed E-state index contributed by atoms with van der Waals surface area (Å²) in [7, 11) is 0. The van der Waals surface area contributed by atoms with Gasteiger partial charge in [0.25, 0.3) is 0 Å². The molecule has 2 heterocycles. The molecule has 2 N–H and O–H groups in total. The van der Waals surface area contributed by atoms with Crippen LogP contribution in [-0.2, 0) is 4.79 Å². The van der Waals surface area contributed by atoms with E-state index < -0.39 is 11.4 Å². The first-order chi connectivity index (χ1) is 11.3. The summed E-state index contributed by atoms with van der Waals surface area (Å²) in [5.41, 5.74) is -0.664. The lowest BCUT2D eigenvalue weighted by atomic mass is 9.81. The van der Waals surface area contributed by atoms with Crippen LogP contribution < -0.4 is 5.32 Å². The van der Waals surface area contributed by atoms with Crippen LogP contribution in [0, 0.1) is 16.7 Å². The summed E-state index contributed by atoms with van der Waals surface area (Å²) in [4.78, 5) is 28.4. The Hall–Kier alpha value is -1.30. The van der Waals surface area contributed by atoms with Gasteiger partial charge in [-0.3, -0.25) is 4.79 Å². The zero-order valence-corrected chi connectivity index (χ0v) is 15.0. The van der Waals surface area contributed by atoms with Crippen molar-refractivity contribution in [2.24, 2.45) is 16.7 Å². The molecular formula is C18H31N3O3.